The van der Waals surface area contributed by atoms with E-state index in [0.717, 1.165) is 38.5 Å². The van der Waals surface area contributed by atoms with Crippen LogP contribution in [0.5, 0.6) is 0 Å². The summed E-state index contributed by atoms with van der Waals surface area (Å²) in [6.07, 6.45) is 9.32. The van der Waals surface area contributed by atoms with Gasteiger partial charge < -0.3 is 5.73 Å². The first-order valence-corrected chi connectivity index (χ1v) is 9.89. The van der Waals surface area contributed by atoms with Crippen LogP contribution in [0.15, 0.2) is 0 Å². The minimum Gasteiger partial charge on any atom is -0.325 e. The summed E-state index contributed by atoms with van der Waals surface area (Å²) < 4.78 is 24.7. The Morgan fingerprint density at radius 2 is 1.90 bits per heavy atom. The summed E-state index contributed by atoms with van der Waals surface area (Å²) in [5, 5.41) is 0. The number of nitrogens with two attached hydrogens (primary N) is 1. The highest BCUT2D eigenvalue weighted by Crippen LogP contribution is 2.30. The van der Waals surface area contributed by atoms with Crippen molar-refractivity contribution in [2.75, 3.05) is 19.3 Å². The molecule has 6 heteroatoms. The number of Topliss-reactive ketones (excluding diaryl/α,β-unsaturated/α-hetero) is 1. The zero-order valence-corrected chi connectivity index (χ0v) is 13.8. The van der Waals surface area contributed by atoms with E-state index in [9.17, 15) is 13.2 Å². The second kappa shape index (κ2) is 6.75. The molecule has 0 aromatic rings. The molecular weight excluding hydrogens is 288 g/mol. The van der Waals surface area contributed by atoms with Crippen molar-refractivity contribution < 1.29 is 13.2 Å². The number of nitrogens with zero attached hydrogens (tertiary/aromatic N) is 1. The SMILES string of the molecule is CS(=O)(=O)N1CCCC(CC(=O)CC2(N)CCCCC2)C1. The predicted octanol–water partition coefficient (Wildman–Crippen LogP) is 1.67. The molecule has 1 saturated heterocycles. The van der Waals surface area contributed by atoms with Gasteiger partial charge in [0.15, 0.2) is 0 Å². The van der Waals surface area contributed by atoms with E-state index in [-0.39, 0.29) is 17.2 Å². The van der Waals surface area contributed by atoms with E-state index in [4.69, 9.17) is 5.73 Å². The maximum Gasteiger partial charge on any atom is 0.211 e. The van der Waals surface area contributed by atoms with Crippen molar-refractivity contribution in [2.45, 2.75) is 63.3 Å². The van der Waals surface area contributed by atoms with Crippen LogP contribution < -0.4 is 5.73 Å². The average molecular weight is 316 g/mol. The van der Waals surface area contributed by atoms with Crippen LogP contribution in [0.4, 0.5) is 0 Å². The summed E-state index contributed by atoms with van der Waals surface area (Å²) in [5.41, 5.74) is 6.03. The molecule has 1 heterocycles. The van der Waals surface area contributed by atoms with Gasteiger partial charge in [0.1, 0.15) is 5.78 Å². The molecule has 2 N–H and O–H groups in total. The Hall–Kier alpha value is -0.460. The fraction of sp³-hybridized carbons (Fsp3) is 0.933. The molecule has 2 aliphatic rings. The van der Waals surface area contributed by atoms with Crippen molar-refractivity contribution >= 4 is 15.8 Å². The maximum absolute atomic E-state index is 12.3. The molecule has 1 atom stereocenters. The maximum atomic E-state index is 12.3. The zero-order chi connectivity index (χ0) is 15.5. The largest absolute Gasteiger partial charge is 0.325 e. The molecule has 0 radical (unpaired) electrons. The summed E-state index contributed by atoms with van der Waals surface area (Å²) in [6, 6.07) is 0. The van der Waals surface area contributed by atoms with Gasteiger partial charge in [-0.25, -0.2) is 12.7 Å². The van der Waals surface area contributed by atoms with E-state index >= 15 is 0 Å². The van der Waals surface area contributed by atoms with E-state index in [1.54, 1.807) is 0 Å². The summed E-state index contributed by atoms with van der Waals surface area (Å²) in [4.78, 5) is 12.3. The standard InChI is InChI=1S/C15H28N2O3S/c1-21(19,20)17-9-5-6-13(12-17)10-14(18)11-15(16)7-3-2-4-8-15/h13H,2-12,16H2,1H3. The van der Waals surface area contributed by atoms with Gasteiger partial charge in [-0.05, 0) is 31.6 Å². The molecule has 122 valence electrons. The van der Waals surface area contributed by atoms with Crippen molar-refractivity contribution in [3.05, 3.63) is 0 Å². The van der Waals surface area contributed by atoms with Crippen LogP contribution in [-0.4, -0.2) is 43.4 Å². The van der Waals surface area contributed by atoms with E-state index in [1.807, 2.05) is 0 Å². The van der Waals surface area contributed by atoms with Gasteiger partial charge in [0.05, 0.1) is 6.26 Å². The Morgan fingerprint density at radius 1 is 1.24 bits per heavy atom. The number of hydrogen-bond donors (Lipinski definition) is 1. The van der Waals surface area contributed by atoms with Crippen molar-refractivity contribution in [1.29, 1.82) is 0 Å². The lowest BCUT2D eigenvalue weighted by atomic mass is 9.78. The first-order valence-electron chi connectivity index (χ1n) is 8.04. The third-order valence-electron chi connectivity index (χ3n) is 4.87. The molecular formula is C15H28N2O3S. The Bertz CT molecular complexity index is 469. The number of piperidine rings is 1. The van der Waals surface area contributed by atoms with Crippen LogP contribution in [0.2, 0.25) is 0 Å². The minimum atomic E-state index is -3.14. The van der Waals surface area contributed by atoms with Gasteiger partial charge in [-0.2, -0.15) is 0 Å². The van der Waals surface area contributed by atoms with Gasteiger partial charge in [0.25, 0.3) is 0 Å². The summed E-state index contributed by atoms with van der Waals surface area (Å²) in [7, 11) is -3.14. The van der Waals surface area contributed by atoms with Crippen molar-refractivity contribution in [2.24, 2.45) is 11.7 Å². The smallest absolute Gasteiger partial charge is 0.211 e. The molecule has 2 rings (SSSR count). The lowest BCUT2D eigenvalue weighted by Gasteiger charge is -2.34. The second-order valence-electron chi connectivity index (χ2n) is 6.97. The highest BCUT2D eigenvalue weighted by Gasteiger charge is 2.32. The monoisotopic (exact) mass is 316 g/mol. The quantitative estimate of drug-likeness (QED) is 0.836. The third-order valence-corrected chi connectivity index (χ3v) is 6.14. The lowest BCUT2D eigenvalue weighted by Crippen LogP contribution is -2.44. The first-order chi connectivity index (χ1) is 9.78. The van der Waals surface area contributed by atoms with Gasteiger partial charge >= 0.3 is 0 Å². The average Bonchev–Trinajstić information content (AvgIpc) is 2.38. The van der Waals surface area contributed by atoms with Gasteiger partial charge in [0, 0.05) is 31.5 Å². The van der Waals surface area contributed by atoms with Crippen molar-refractivity contribution in [1.82, 2.24) is 4.31 Å². The van der Waals surface area contributed by atoms with E-state index < -0.39 is 10.0 Å². The Labute approximate surface area is 128 Å². The van der Waals surface area contributed by atoms with E-state index in [1.165, 1.54) is 17.0 Å². The summed E-state index contributed by atoms with van der Waals surface area (Å²) in [5.74, 6) is 0.368. The van der Waals surface area contributed by atoms with Crippen LogP contribution in [0.25, 0.3) is 0 Å². The van der Waals surface area contributed by atoms with E-state index in [0.29, 0.717) is 25.9 Å². The fourth-order valence-corrected chi connectivity index (χ4v) is 4.66. The first kappa shape index (κ1) is 16.9. The highest BCUT2D eigenvalue weighted by atomic mass is 32.2. The predicted molar refractivity (Wildman–Crippen MR) is 83.4 cm³/mol. The normalized spacial score (nSPS) is 27.4. The van der Waals surface area contributed by atoms with Gasteiger partial charge in [0.2, 0.25) is 10.0 Å². The zero-order valence-electron chi connectivity index (χ0n) is 13.0. The van der Waals surface area contributed by atoms with Crippen LogP contribution in [-0.2, 0) is 14.8 Å². The Kier molecular flexibility index (Phi) is 5.43. The molecule has 0 amide bonds. The van der Waals surface area contributed by atoms with Crippen LogP contribution >= 0.6 is 0 Å². The second-order valence-corrected chi connectivity index (χ2v) is 8.95. The molecule has 21 heavy (non-hydrogen) atoms. The lowest BCUT2D eigenvalue weighted by molar-refractivity contribution is -0.121. The summed E-state index contributed by atoms with van der Waals surface area (Å²) >= 11 is 0. The van der Waals surface area contributed by atoms with Crippen LogP contribution in [0, 0.1) is 5.92 Å². The molecule has 1 unspecified atom stereocenters. The third kappa shape index (κ3) is 5.04. The molecule has 0 aromatic carbocycles. The molecule has 1 aliphatic heterocycles. The number of hydrogen-bond acceptors (Lipinski definition) is 4. The molecule has 1 saturated carbocycles. The molecule has 0 spiro atoms. The number of ketones is 1. The number of carbonyl (C=O) groups is 1. The highest BCUT2D eigenvalue weighted by molar-refractivity contribution is 7.88. The van der Waals surface area contributed by atoms with Crippen LogP contribution in [0.3, 0.4) is 0 Å². The summed E-state index contributed by atoms with van der Waals surface area (Å²) in [6.45, 7) is 1.08. The van der Waals surface area contributed by atoms with Crippen LogP contribution in [0.1, 0.15) is 57.8 Å². The fourth-order valence-electron chi connectivity index (χ4n) is 3.71. The van der Waals surface area contributed by atoms with Gasteiger partial charge in [-0.15, -0.1) is 0 Å². The van der Waals surface area contributed by atoms with Gasteiger partial charge in [-0.3, -0.25) is 4.79 Å². The van der Waals surface area contributed by atoms with Gasteiger partial charge in [-0.1, -0.05) is 19.3 Å². The molecule has 0 bridgehead atoms. The number of rotatable bonds is 5. The number of carbonyl (C=O) groups excluding carboxylic acids is 1. The number of sulfonamides is 1. The molecule has 1 aliphatic carbocycles. The van der Waals surface area contributed by atoms with Crippen molar-refractivity contribution in [3.8, 4) is 0 Å². The minimum absolute atomic E-state index is 0.160. The van der Waals surface area contributed by atoms with E-state index in [2.05, 4.69) is 0 Å². The molecule has 5 nitrogen and oxygen atoms in total. The van der Waals surface area contributed by atoms with Crippen molar-refractivity contribution in [3.63, 3.8) is 0 Å². The Morgan fingerprint density at radius 3 is 2.52 bits per heavy atom. The topological polar surface area (TPSA) is 80.5 Å². The molecule has 0 aromatic heterocycles. The molecule has 2 fully saturated rings. The Balaban J connectivity index is 1.84.